The molecule has 0 bridgehead atoms. The minimum absolute atomic E-state index is 0.137. The van der Waals surface area contributed by atoms with Crippen LogP contribution in [0.15, 0.2) is 35.9 Å². The smallest absolute Gasteiger partial charge is 0.263 e. The van der Waals surface area contributed by atoms with Crippen molar-refractivity contribution in [2.24, 2.45) is 5.73 Å². The van der Waals surface area contributed by atoms with Gasteiger partial charge in [0.15, 0.2) is 0 Å². The second kappa shape index (κ2) is 5.59. The van der Waals surface area contributed by atoms with E-state index in [-0.39, 0.29) is 17.5 Å². The van der Waals surface area contributed by atoms with E-state index < -0.39 is 10.0 Å². The predicted molar refractivity (Wildman–Crippen MR) is 75.5 cm³/mol. The lowest BCUT2D eigenvalue weighted by atomic mass is 10.3. The van der Waals surface area contributed by atoms with E-state index in [1.54, 1.807) is 12.3 Å². The van der Waals surface area contributed by atoms with E-state index in [0.717, 1.165) is 5.69 Å². The number of hydrogen-bond donors (Lipinski definition) is 2. The molecule has 0 unspecified atom stereocenters. The highest BCUT2D eigenvalue weighted by molar-refractivity contribution is 7.92. The van der Waals surface area contributed by atoms with Gasteiger partial charge >= 0.3 is 0 Å². The van der Waals surface area contributed by atoms with Crippen LogP contribution in [0.3, 0.4) is 0 Å². The molecule has 0 radical (unpaired) electrons. The number of hydrogen-bond acceptors (Lipinski definition) is 5. The van der Waals surface area contributed by atoms with E-state index in [1.807, 2.05) is 18.4 Å². The SMILES string of the molecule is CC(C)n1cc(S(=O)(=O)Nc2cncnc2)cc1CN. The molecule has 2 rings (SSSR count). The van der Waals surface area contributed by atoms with Gasteiger partial charge in [-0.05, 0) is 19.9 Å². The van der Waals surface area contributed by atoms with Crippen LogP contribution in [-0.2, 0) is 16.6 Å². The number of rotatable bonds is 5. The summed E-state index contributed by atoms with van der Waals surface area (Å²) in [4.78, 5) is 7.71. The summed E-state index contributed by atoms with van der Waals surface area (Å²) >= 11 is 0. The van der Waals surface area contributed by atoms with Gasteiger partial charge < -0.3 is 10.3 Å². The summed E-state index contributed by atoms with van der Waals surface area (Å²) in [5.74, 6) is 0. The van der Waals surface area contributed by atoms with Crippen LogP contribution in [0.5, 0.6) is 0 Å². The molecule has 0 aliphatic heterocycles. The average molecular weight is 295 g/mol. The van der Waals surface area contributed by atoms with Gasteiger partial charge in [0.2, 0.25) is 0 Å². The van der Waals surface area contributed by atoms with Crippen molar-refractivity contribution >= 4 is 15.7 Å². The van der Waals surface area contributed by atoms with Gasteiger partial charge in [0.1, 0.15) is 11.2 Å². The fraction of sp³-hybridized carbons (Fsp3) is 0.333. The zero-order valence-corrected chi connectivity index (χ0v) is 12.1. The summed E-state index contributed by atoms with van der Waals surface area (Å²) < 4.78 is 28.8. The molecule has 8 heteroatoms. The molecule has 0 spiro atoms. The highest BCUT2D eigenvalue weighted by atomic mass is 32.2. The molecule has 0 amide bonds. The summed E-state index contributed by atoms with van der Waals surface area (Å²) in [6, 6.07) is 1.71. The van der Waals surface area contributed by atoms with Crippen molar-refractivity contribution < 1.29 is 8.42 Å². The molecule has 0 atom stereocenters. The summed E-state index contributed by atoms with van der Waals surface area (Å²) in [5.41, 5.74) is 6.73. The quantitative estimate of drug-likeness (QED) is 0.860. The molecule has 7 nitrogen and oxygen atoms in total. The van der Waals surface area contributed by atoms with Crippen LogP contribution >= 0.6 is 0 Å². The van der Waals surface area contributed by atoms with E-state index >= 15 is 0 Å². The van der Waals surface area contributed by atoms with Gasteiger partial charge in [-0.2, -0.15) is 0 Å². The molecule has 108 valence electrons. The van der Waals surface area contributed by atoms with Gasteiger partial charge in [-0.3, -0.25) is 4.72 Å². The minimum atomic E-state index is -3.66. The molecule has 0 saturated carbocycles. The Hall–Kier alpha value is -1.93. The lowest BCUT2D eigenvalue weighted by Crippen LogP contribution is -2.12. The second-order valence-electron chi connectivity index (χ2n) is 4.60. The molecule has 0 aromatic carbocycles. The molecule has 2 aromatic heterocycles. The summed E-state index contributed by atoms with van der Waals surface area (Å²) in [5, 5.41) is 0. The standard InChI is InChI=1S/C12H17N5O2S/c1-9(2)17-7-12(3-11(17)4-13)20(18,19)16-10-5-14-8-15-6-10/h3,5-9,16H,4,13H2,1-2H3. The number of anilines is 1. The van der Waals surface area contributed by atoms with Crippen molar-refractivity contribution in [2.75, 3.05) is 4.72 Å². The first kappa shape index (κ1) is 14.5. The molecule has 0 saturated heterocycles. The van der Waals surface area contributed by atoms with Gasteiger partial charge in [0.05, 0.1) is 18.1 Å². The Kier molecular flexibility index (Phi) is 4.05. The summed E-state index contributed by atoms with van der Waals surface area (Å²) in [6.07, 6.45) is 5.71. The predicted octanol–water partition coefficient (Wildman–Crippen LogP) is 1.12. The third-order valence-electron chi connectivity index (χ3n) is 2.80. The van der Waals surface area contributed by atoms with Crippen molar-refractivity contribution in [2.45, 2.75) is 31.3 Å². The summed E-state index contributed by atoms with van der Waals surface area (Å²) in [6.45, 7) is 4.21. The van der Waals surface area contributed by atoms with Gasteiger partial charge in [-0.1, -0.05) is 0 Å². The minimum Gasteiger partial charge on any atom is -0.346 e. The zero-order chi connectivity index (χ0) is 14.8. The van der Waals surface area contributed by atoms with E-state index in [4.69, 9.17) is 5.73 Å². The van der Waals surface area contributed by atoms with Gasteiger partial charge in [-0.25, -0.2) is 18.4 Å². The molecule has 20 heavy (non-hydrogen) atoms. The average Bonchev–Trinajstić information content (AvgIpc) is 2.84. The first-order chi connectivity index (χ1) is 9.44. The second-order valence-corrected chi connectivity index (χ2v) is 6.29. The van der Waals surface area contributed by atoms with Crippen LogP contribution in [0.25, 0.3) is 0 Å². The van der Waals surface area contributed by atoms with Crippen LogP contribution in [0, 0.1) is 0 Å². The van der Waals surface area contributed by atoms with E-state index in [0.29, 0.717) is 5.69 Å². The van der Waals surface area contributed by atoms with Crippen molar-refractivity contribution in [3.05, 3.63) is 36.7 Å². The molecule has 2 heterocycles. The number of nitrogens with zero attached hydrogens (tertiary/aromatic N) is 3. The van der Waals surface area contributed by atoms with Gasteiger partial charge in [0, 0.05) is 24.5 Å². The Morgan fingerprint density at radius 2 is 2.00 bits per heavy atom. The van der Waals surface area contributed by atoms with Crippen LogP contribution in [-0.4, -0.2) is 23.0 Å². The maximum atomic E-state index is 12.3. The molecular formula is C12H17N5O2S. The Balaban J connectivity index is 2.35. The molecule has 0 fully saturated rings. The normalized spacial score (nSPS) is 11.8. The molecule has 3 N–H and O–H groups in total. The zero-order valence-electron chi connectivity index (χ0n) is 11.3. The molecule has 2 aromatic rings. The van der Waals surface area contributed by atoms with Crippen LogP contribution in [0.4, 0.5) is 5.69 Å². The van der Waals surface area contributed by atoms with E-state index in [9.17, 15) is 8.42 Å². The first-order valence-corrected chi connectivity index (χ1v) is 7.61. The lowest BCUT2D eigenvalue weighted by Gasteiger charge is -2.10. The number of nitrogens with one attached hydrogen (secondary N) is 1. The number of aromatic nitrogens is 3. The highest BCUT2D eigenvalue weighted by Crippen LogP contribution is 2.20. The Morgan fingerprint density at radius 3 is 2.50 bits per heavy atom. The largest absolute Gasteiger partial charge is 0.346 e. The first-order valence-electron chi connectivity index (χ1n) is 6.12. The maximum Gasteiger partial charge on any atom is 0.263 e. The van der Waals surface area contributed by atoms with Crippen LogP contribution < -0.4 is 10.5 Å². The molecular weight excluding hydrogens is 278 g/mol. The fourth-order valence-corrected chi connectivity index (χ4v) is 2.93. The number of nitrogens with two attached hydrogens (primary N) is 1. The fourth-order valence-electron chi connectivity index (χ4n) is 1.85. The topological polar surface area (TPSA) is 103 Å². The Labute approximate surface area is 117 Å². The third kappa shape index (κ3) is 2.97. The number of sulfonamides is 1. The molecule has 0 aliphatic carbocycles. The lowest BCUT2D eigenvalue weighted by molar-refractivity contribution is 0.573. The highest BCUT2D eigenvalue weighted by Gasteiger charge is 2.19. The monoisotopic (exact) mass is 295 g/mol. The van der Waals surface area contributed by atoms with Gasteiger partial charge in [0.25, 0.3) is 10.0 Å². The van der Waals surface area contributed by atoms with Crippen molar-refractivity contribution in [3.8, 4) is 0 Å². The van der Waals surface area contributed by atoms with Crippen LogP contribution in [0.2, 0.25) is 0 Å². The van der Waals surface area contributed by atoms with Crippen LogP contribution in [0.1, 0.15) is 25.6 Å². The maximum absolute atomic E-state index is 12.3. The Bertz CT molecular complexity index is 679. The van der Waals surface area contributed by atoms with E-state index in [1.165, 1.54) is 18.7 Å². The van der Waals surface area contributed by atoms with Crippen molar-refractivity contribution in [3.63, 3.8) is 0 Å². The molecule has 0 aliphatic rings. The van der Waals surface area contributed by atoms with Crippen molar-refractivity contribution in [1.29, 1.82) is 0 Å². The third-order valence-corrected chi connectivity index (χ3v) is 4.14. The Morgan fingerprint density at radius 1 is 1.35 bits per heavy atom. The summed E-state index contributed by atoms with van der Waals surface area (Å²) in [7, 11) is -3.66. The van der Waals surface area contributed by atoms with Crippen molar-refractivity contribution in [1.82, 2.24) is 14.5 Å². The van der Waals surface area contributed by atoms with Gasteiger partial charge in [-0.15, -0.1) is 0 Å². The van der Waals surface area contributed by atoms with E-state index in [2.05, 4.69) is 14.7 Å².